The number of rotatable bonds is 6. The van der Waals surface area contributed by atoms with Gasteiger partial charge in [0.15, 0.2) is 6.10 Å². The molecule has 0 aliphatic carbocycles. The Balaban J connectivity index is 1.28. The average Bonchev–Trinajstić information content (AvgIpc) is 3.53. The highest BCUT2D eigenvalue weighted by Crippen LogP contribution is 2.50. The fourth-order valence-electron chi connectivity index (χ4n) is 6.64. The molecule has 0 bridgehead atoms. The number of benzene rings is 4. The van der Waals surface area contributed by atoms with Crippen LogP contribution in [0.1, 0.15) is 29.7 Å². The minimum absolute atomic E-state index is 0.299. The van der Waals surface area contributed by atoms with Crippen LogP contribution in [0.15, 0.2) is 115 Å². The van der Waals surface area contributed by atoms with E-state index in [1.807, 2.05) is 102 Å². The van der Waals surface area contributed by atoms with Gasteiger partial charge in [-0.15, -0.1) is 0 Å². The quantitative estimate of drug-likeness (QED) is 0.172. The van der Waals surface area contributed by atoms with E-state index in [0.717, 1.165) is 27.3 Å². The normalized spacial score (nSPS) is 21.6. The van der Waals surface area contributed by atoms with Crippen molar-refractivity contribution in [2.75, 3.05) is 9.80 Å². The summed E-state index contributed by atoms with van der Waals surface area (Å²) in [5.74, 6) is -3.40. The highest BCUT2D eigenvalue weighted by Gasteiger charge is 2.65. The smallest absolute Gasteiger partial charge is 0.330 e. The van der Waals surface area contributed by atoms with Crippen molar-refractivity contribution in [3.8, 4) is 5.75 Å². The summed E-state index contributed by atoms with van der Waals surface area (Å²) in [7, 11) is 0. The van der Waals surface area contributed by atoms with Crippen LogP contribution < -0.4 is 14.5 Å². The molecule has 44 heavy (non-hydrogen) atoms. The minimum Gasteiger partial charge on any atom is -0.451 e. The Morgan fingerprint density at radius 2 is 1.32 bits per heavy atom. The highest BCUT2D eigenvalue weighted by atomic mass is 16.5. The van der Waals surface area contributed by atoms with Crippen LogP contribution in [0.2, 0.25) is 0 Å². The van der Waals surface area contributed by atoms with Crippen molar-refractivity contribution >= 4 is 41.2 Å². The van der Waals surface area contributed by atoms with Crippen molar-refractivity contribution in [1.82, 2.24) is 0 Å². The number of ether oxygens (including phenoxy) is 2. The summed E-state index contributed by atoms with van der Waals surface area (Å²) in [6.45, 7) is 1.30. The maximum Gasteiger partial charge on any atom is 0.330 e. The lowest BCUT2D eigenvalue weighted by Gasteiger charge is -2.36. The maximum atomic E-state index is 14.4. The number of hydrogen-bond acceptors (Lipinski definition) is 7. The monoisotopic (exact) mass is 584 g/mol. The van der Waals surface area contributed by atoms with Crippen LogP contribution in [0, 0.1) is 11.8 Å². The molecule has 4 aromatic rings. The second-order valence-corrected chi connectivity index (χ2v) is 11.0. The lowest BCUT2D eigenvalue weighted by molar-refractivity contribution is -0.151. The van der Waals surface area contributed by atoms with E-state index >= 15 is 0 Å². The van der Waals surface area contributed by atoms with Crippen LogP contribution in [0.4, 0.5) is 11.4 Å². The predicted molar refractivity (Wildman–Crippen MR) is 164 cm³/mol. The second kappa shape index (κ2) is 11.0. The van der Waals surface area contributed by atoms with Gasteiger partial charge in [-0.2, -0.15) is 0 Å². The van der Waals surface area contributed by atoms with E-state index in [4.69, 9.17) is 9.47 Å². The summed E-state index contributed by atoms with van der Waals surface area (Å²) in [4.78, 5) is 57.1. The van der Waals surface area contributed by atoms with Crippen molar-refractivity contribution in [3.63, 3.8) is 0 Å². The maximum absolute atomic E-state index is 14.4. The first-order valence-corrected chi connectivity index (χ1v) is 14.4. The van der Waals surface area contributed by atoms with Gasteiger partial charge in [-0.25, -0.2) is 9.69 Å². The molecule has 0 radical (unpaired) electrons. The molecule has 4 atom stereocenters. The summed E-state index contributed by atoms with van der Waals surface area (Å²) in [6, 6.07) is 31.2. The third-order valence-electron chi connectivity index (χ3n) is 8.45. The van der Waals surface area contributed by atoms with E-state index in [0.29, 0.717) is 11.4 Å². The molecular formula is C36H28N2O6. The van der Waals surface area contributed by atoms with Gasteiger partial charge in [-0.3, -0.25) is 14.4 Å². The number of nitrogens with zero attached hydrogens (tertiary/aromatic N) is 2. The lowest BCUT2D eigenvalue weighted by Crippen LogP contribution is -2.49. The number of amides is 2. The summed E-state index contributed by atoms with van der Waals surface area (Å²) in [6.07, 6.45) is 3.12. The Morgan fingerprint density at radius 1 is 0.727 bits per heavy atom. The fraction of sp³-hybridized carbons (Fsp3) is 0.167. The van der Waals surface area contributed by atoms with Gasteiger partial charge in [0.05, 0.1) is 23.6 Å². The van der Waals surface area contributed by atoms with Crippen molar-refractivity contribution in [2.24, 2.45) is 11.8 Å². The largest absolute Gasteiger partial charge is 0.451 e. The number of esters is 2. The van der Waals surface area contributed by atoms with Gasteiger partial charge >= 0.3 is 11.9 Å². The van der Waals surface area contributed by atoms with Crippen molar-refractivity contribution < 1.29 is 28.7 Å². The Kier molecular flexibility index (Phi) is 6.81. The number of carbonyl (C=O) groups excluding carboxylic acids is 4. The molecule has 0 aromatic heterocycles. The third-order valence-corrected chi connectivity index (χ3v) is 8.45. The topological polar surface area (TPSA) is 93.2 Å². The van der Waals surface area contributed by atoms with Crippen molar-refractivity contribution in [2.45, 2.75) is 25.1 Å². The number of imide groups is 1. The number of anilines is 2. The van der Waals surface area contributed by atoms with Crippen LogP contribution in [0.3, 0.4) is 0 Å². The first-order chi connectivity index (χ1) is 21.4. The molecule has 218 valence electrons. The Morgan fingerprint density at radius 3 is 1.95 bits per heavy atom. The zero-order valence-corrected chi connectivity index (χ0v) is 23.8. The molecule has 4 aromatic carbocycles. The minimum atomic E-state index is -1.05. The van der Waals surface area contributed by atoms with E-state index in [2.05, 4.69) is 0 Å². The van der Waals surface area contributed by atoms with E-state index < -0.39 is 53.8 Å². The van der Waals surface area contributed by atoms with Crippen LogP contribution in [-0.4, -0.2) is 35.8 Å². The second-order valence-electron chi connectivity index (χ2n) is 11.0. The average molecular weight is 585 g/mol. The Hall–Kier alpha value is -5.50. The van der Waals surface area contributed by atoms with E-state index in [-0.39, 0.29) is 0 Å². The zero-order chi connectivity index (χ0) is 30.4. The van der Waals surface area contributed by atoms with Gasteiger partial charge in [-0.1, -0.05) is 91.0 Å². The third kappa shape index (κ3) is 4.55. The van der Waals surface area contributed by atoms with Crippen molar-refractivity contribution in [1.29, 1.82) is 0 Å². The Bertz CT molecular complexity index is 1750. The molecule has 4 unspecified atom stereocenters. The molecule has 3 aliphatic rings. The summed E-state index contributed by atoms with van der Waals surface area (Å²) < 4.78 is 11.4. The van der Waals surface area contributed by atoms with Crippen LogP contribution in [-0.2, 0) is 23.9 Å². The molecule has 2 saturated heterocycles. The van der Waals surface area contributed by atoms with Gasteiger partial charge in [0.2, 0.25) is 11.8 Å². The van der Waals surface area contributed by atoms with Crippen LogP contribution >= 0.6 is 0 Å². The lowest BCUT2D eigenvalue weighted by atomic mass is 9.88. The highest BCUT2D eigenvalue weighted by molar-refractivity contribution is 6.24. The molecule has 2 amide bonds. The number of carbonyl (C=O) groups is 4. The number of hydrogen-bond donors (Lipinski definition) is 0. The molecule has 3 heterocycles. The van der Waals surface area contributed by atoms with Gasteiger partial charge in [-0.05, 0) is 47.0 Å². The molecule has 3 aliphatic heterocycles. The standard InChI is InChI=1S/C36H28N2O6/c1-22(39)43-27-19-17-26(18-20-27)37-34(40)30-29-21-16-23-10-8-9-15-28(23)38(29)32(31(30)35(37)41)36(42)44-33(24-11-4-2-5-12-24)25-13-6-3-7-14-25/h2-21,29-33H,1H3. The van der Waals surface area contributed by atoms with E-state index in [9.17, 15) is 19.2 Å². The SMILES string of the molecule is CC(=O)Oc1ccc(N2C(=O)C3C(C2=O)C(C(=O)OC(c2ccccc2)c2ccccc2)N2c4ccccc4C=CC32)cc1. The molecule has 2 fully saturated rings. The zero-order valence-electron chi connectivity index (χ0n) is 23.8. The molecule has 0 saturated carbocycles. The first kappa shape index (κ1) is 27.3. The molecule has 0 N–H and O–H groups in total. The van der Waals surface area contributed by atoms with Crippen LogP contribution in [0.5, 0.6) is 5.75 Å². The molecule has 0 spiro atoms. The fourth-order valence-corrected chi connectivity index (χ4v) is 6.64. The van der Waals surface area contributed by atoms with Crippen molar-refractivity contribution in [3.05, 3.63) is 132 Å². The van der Waals surface area contributed by atoms with Gasteiger partial charge in [0.1, 0.15) is 11.8 Å². The van der Waals surface area contributed by atoms with Gasteiger partial charge in [0.25, 0.3) is 0 Å². The summed E-state index contributed by atoms with van der Waals surface area (Å²) >= 11 is 0. The summed E-state index contributed by atoms with van der Waals surface area (Å²) in [5.41, 5.74) is 3.59. The molecule has 8 nitrogen and oxygen atoms in total. The van der Waals surface area contributed by atoms with Gasteiger partial charge in [0, 0.05) is 12.6 Å². The van der Waals surface area contributed by atoms with Crippen LogP contribution in [0.25, 0.3) is 6.08 Å². The Labute approximate surface area is 254 Å². The van der Waals surface area contributed by atoms with Gasteiger partial charge < -0.3 is 14.4 Å². The summed E-state index contributed by atoms with van der Waals surface area (Å²) in [5, 5.41) is 0. The predicted octanol–water partition coefficient (Wildman–Crippen LogP) is 5.33. The first-order valence-electron chi connectivity index (χ1n) is 14.4. The van der Waals surface area contributed by atoms with E-state index in [1.165, 1.54) is 19.1 Å². The molecule has 7 rings (SSSR count). The van der Waals surface area contributed by atoms with E-state index in [1.54, 1.807) is 12.1 Å². The number of para-hydroxylation sites is 1. The number of fused-ring (bicyclic) bond motifs is 5. The molecule has 8 heteroatoms. The molecular weight excluding hydrogens is 556 g/mol.